The summed E-state index contributed by atoms with van der Waals surface area (Å²) in [6.07, 6.45) is 6.08. The van der Waals surface area contributed by atoms with E-state index in [1.54, 1.807) is 0 Å². The molecule has 2 heterocycles. The lowest BCUT2D eigenvalue weighted by Gasteiger charge is -2.30. The summed E-state index contributed by atoms with van der Waals surface area (Å²) >= 11 is 1.16. The van der Waals surface area contributed by atoms with E-state index in [4.69, 9.17) is 4.52 Å². The van der Waals surface area contributed by atoms with Gasteiger partial charge in [0, 0.05) is 32.3 Å². The molecule has 0 aliphatic heterocycles. The van der Waals surface area contributed by atoms with Gasteiger partial charge in [-0.1, -0.05) is 72.5 Å². The first-order valence-corrected chi connectivity index (χ1v) is 12.7. The van der Waals surface area contributed by atoms with Gasteiger partial charge in [-0.15, -0.1) is 0 Å². The molecule has 35 heavy (non-hydrogen) atoms. The van der Waals surface area contributed by atoms with E-state index in [-0.39, 0.29) is 30.4 Å². The highest BCUT2D eigenvalue weighted by Gasteiger charge is 2.38. The van der Waals surface area contributed by atoms with Crippen molar-refractivity contribution in [3.8, 4) is 11.3 Å². The zero-order valence-corrected chi connectivity index (χ0v) is 20.7. The molecule has 0 spiro atoms. The third kappa shape index (κ3) is 6.00. The van der Waals surface area contributed by atoms with Crippen LogP contribution < -0.4 is 10.6 Å². The molecule has 1 aromatic carbocycles. The fourth-order valence-corrected chi connectivity index (χ4v) is 5.33. The first-order valence-electron chi connectivity index (χ1n) is 11.9. The summed E-state index contributed by atoms with van der Waals surface area (Å²) in [6, 6.07) is 9.40. The molecule has 1 saturated carbocycles. The summed E-state index contributed by atoms with van der Waals surface area (Å²) in [5.74, 6) is 0.327. The van der Waals surface area contributed by atoms with Crippen LogP contribution in [-0.2, 0) is 21.5 Å². The monoisotopic (exact) mass is 495 g/mol. The van der Waals surface area contributed by atoms with Crippen molar-refractivity contribution in [1.82, 2.24) is 20.4 Å². The Balaban J connectivity index is 1.42. The normalized spacial score (nSPS) is 15.3. The van der Waals surface area contributed by atoms with Crippen LogP contribution in [0, 0.1) is 0 Å². The van der Waals surface area contributed by atoms with Gasteiger partial charge in [0.2, 0.25) is 17.7 Å². The van der Waals surface area contributed by atoms with E-state index < -0.39 is 5.54 Å². The molecule has 0 saturated heterocycles. The lowest BCUT2D eigenvalue weighted by Crippen LogP contribution is -2.45. The number of thiazole rings is 1. The molecule has 1 aliphatic rings. The number of nitrogens with one attached hydrogen (secondary N) is 2. The number of rotatable bonds is 8. The average molecular weight is 496 g/mol. The van der Waals surface area contributed by atoms with Gasteiger partial charge < -0.3 is 15.2 Å². The molecule has 0 unspecified atom stereocenters. The Labute approximate surface area is 207 Å². The fraction of sp³-hybridized carbons (Fsp3) is 0.440. The van der Waals surface area contributed by atoms with Crippen LogP contribution in [0.5, 0.6) is 0 Å². The Bertz CT molecular complexity index is 1200. The van der Waals surface area contributed by atoms with Crippen molar-refractivity contribution in [2.45, 2.75) is 70.8 Å². The van der Waals surface area contributed by atoms with Crippen molar-refractivity contribution in [3.63, 3.8) is 0 Å². The van der Waals surface area contributed by atoms with E-state index in [0.29, 0.717) is 27.4 Å². The van der Waals surface area contributed by atoms with Crippen LogP contribution in [0.2, 0.25) is 0 Å². The first kappa shape index (κ1) is 24.7. The molecule has 9 nitrogen and oxygen atoms in total. The van der Waals surface area contributed by atoms with Gasteiger partial charge in [-0.2, -0.15) is 4.98 Å². The summed E-state index contributed by atoms with van der Waals surface area (Å²) < 4.78 is 5.43. The van der Waals surface area contributed by atoms with Crippen LogP contribution in [0.15, 0.2) is 34.9 Å². The number of carbonyl (C=O) groups is 3. The zero-order valence-electron chi connectivity index (χ0n) is 19.9. The summed E-state index contributed by atoms with van der Waals surface area (Å²) in [7, 11) is 0. The minimum Gasteiger partial charge on any atom is -0.343 e. The molecule has 2 N–H and O–H groups in total. The van der Waals surface area contributed by atoms with Crippen molar-refractivity contribution < 1.29 is 18.9 Å². The molecule has 2 aromatic heterocycles. The van der Waals surface area contributed by atoms with Crippen LogP contribution in [0.25, 0.3) is 11.3 Å². The maximum Gasteiger partial charge on any atom is 0.227 e. The van der Waals surface area contributed by atoms with Crippen LogP contribution in [0.4, 0.5) is 5.13 Å². The van der Waals surface area contributed by atoms with E-state index >= 15 is 0 Å². The number of aryl methyl sites for hydroxylation is 1. The molecule has 0 radical (unpaired) electrons. The van der Waals surface area contributed by atoms with Crippen molar-refractivity contribution in [1.29, 1.82) is 0 Å². The lowest BCUT2D eigenvalue weighted by molar-refractivity contribution is -0.121. The lowest BCUT2D eigenvalue weighted by atomic mass is 9.89. The van der Waals surface area contributed by atoms with Gasteiger partial charge in [0.15, 0.2) is 16.7 Å². The number of carbonyl (C=O) groups excluding carboxylic acids is 3. The van der Waals surface area contributed by atoms with E-state index in [9.17, 15) is 14.4 Å². The van der Waals surface area contributed by atoms with Crippen molar-refractivity contribution in [2.75, 3.05) is 5.32 Å². The molecule has 0 atom stereocenters. The second-order valence-electron chi connectivity index (χ2n) is 8.86. The number of Topliss-reactive ketones (excluding diaryl/α,β-unsaturated/α-hetero) is 1. The molecular formula is C25H29N5O4S. The van der Waals surface area contributed by atoms with Crippen LogP contribution in [0.3, 0.4) is 0 Å². The highest BCUT2D eigenvalue weighted by Crippen LogP contribution is 2.35. The van der Waals surface area contributed by atoms with Gasteiger partial charge in [0.1, 0.15) is 5.54 Å². The summed E-state index contributed by atoms with van der Waals surface area (Å²) in [4.78, 5) is 46.1. The van der Waals surface area contributed by atoms with Crippen LogP contribution in [0.1, 0.15) is 80.2 Å². The van der Waals surface area contributed by atoms with E-state index in [1.165, 1.54) is 13.8 Å². The van der Waals surface area contributed by atoms with Gasteiger partial charge in [0.05, 0.1) is 10.6 Å². The maximum atomic E-state index is 12.6. The molecular weight excluding hydrogens is 466 g/mol. The standard InChI is InChI=1S/C25H29N5O4S/c1-16(31)22-21(18-10-6-5-7-11-18)28-24(35-22)26-19(33)12-13-20-27-23(30-34-20)25(29-17(2)32)14-8-3-4-9-15-25/h5-7,10-11H,3-4,8-9,12-15H2,1-2H3,(H,29,32)(H,26,28,33). The van der Waals surface area contributed by atoms with Gasteiger partial charge in [-0.25, -0.2) is 4.98 Å². The summed E-state index contributed by atoms with van der Waals surface area (Å²) in [5, 5.41) is 10.4. The molecule has 10 heteroatoms. The predicted octanol–water partition coefficient (Wildman–Crippen LogP) is 4.65. The minimum absolute atomic E-state index is 0.105. The third-order valence-electron chi connectivity index (χ3n) is 6.07. The predicted molar refractivity (Wildman–Crippen MR) is 132 cm³/mol. The Hall–Kier alpha value is -3.40. The van der Waals surface area contributed by atoms with Crippen molar-refractivity contribution in [2.24, 2.45) is 0 Å². The Morgan fingerprint density at radius 2 is 1.74 bits per heavy atom. The number of amides is 2. The smallest absolute Gasteiger partial charge is 0.227 e. The molecule has 2 amide bonds. The second kappa shape index (κ2) is 10.9. The minimum atomic E-state index is -0.621. The van der Waals surface area contributed by atoms with Crippen LogP contribution >= 0.6 is 11.3 Å². The van der Waals surface area contributed by atoms with Gasteiger partial charge in [-0.3, -0.25) is 14.4 Å². The number of hydrogen-bond donors (Lipinski definition) is 2. The zero-order chi connectivity index (χ0) is 24.8. The molecule has 1 aliphatic carbocycles. The topological polar surface area (TPSA) is 127 Å². The molecule has 3 aromatic rings. The highest BCUT2D eigenvalue weighted by atomic mass is 32.1. The van der Waals surface area contributed by atoms with Crippen molar-refractivity contribution >= 4 is 34.1 Å². The highest BCUT2D eigenvalue weighted by molar-refractivity contribution is 7.18. The average Bonchev–Trinajstić information content (AvgIpc) is 3.41. The van der Waals surface area contributed by atoms with Crippen molar-refractivity contribution in [3.05, 3.63) is 46.9 Å². The van der Waals surface area contributed by atoms with Crippen LogP contribution in [-0.4, -0.2) is 32.7 Å². The SMILES string of the molecule is CC(=O)NC1(c2noc(CCC(=O)Nc3nc(-c4ccccc4)c(C(C)=O)s3)n2)CCCCCC1. The molecule has 4 rings (SSSR count). The molecule has 1 fully saturated rings. The fourth-order valence-electron chi connectivity index (χ4n) is 4.43. The van der Waals surface area contributed by atoms with Gasteiger partial charge in [0.25, 0.3) is 0 Å². The Morgan fingerprint density at radius 1 is 1.03 bits per heavy atom. The number of hydrogen-bond acceptors (Lipinski definition) is 8. The van der Waals surface area contributed by atoms with E-state index in [1.807, 2.05) is 30.3 Å². The third-order valence-corrected chi connectivity index (χ3v) is 7.15. The quantitative estimate of drug-likeness (QED) is 0.344. The van der Waals surface area contributed by atoms with E-state index in [2.05, 4.69) is 25.8 Å². The second-order valence-corrected chi connectivity index (χ2v) is 9.86. The number of benzene rings is 1. The molecule has 184 valence electrons. The van der Waals surface area contributed by atoms with E-state index in [0.717, 1.165) is 55.4 Å². The number of aromatic nitrogens is 3. The molecule has 0 bridgehead atoms. The first-order chi connectivity index (χ1) is 16.9. The number of anilines is 1. The Morgan fingerprint density at radius 3 is 2.40 bits per heavy atom. The summed E-state index contributed by atoms with van der Waals surface area (Å²) in [6.45, 7) is 2.98. The van der Waals surface area contributed by atoms with Gasteiger partial charge >= 0.3 is 0 Å². The largest absolute Gasteiger partial charge is 0.343 e. The maximum absolute atomic E-state index is 12.6. The summed E-state index contributed by atoms with van der Waals surface area (Å²) in [5.41, 5.74) is 0.760. The Kier molecular flexibility index (Phi) is 7.70. The van der Waals surface area contributed by atoms with Gasteiger partial charge in [-0.05, 0) is 12.8 Å². The number of nitrogens with zero attached hydrogens (tertiary/aromatic N) is 3. The number of ketones is 1.